The molecule has 0 fully saturated rings. The molecule has 1 atom stereocenters. The fraction of sp³-hybridized carbons (Fsp3) is 0.308. The summed E-state index contributed by atoms with van der Waals surface area (Å²) >= 11 is 0. The van der Waals surface area contributed by atoms with Gasteiger partial charge < -0.3 is 10.1 Å². The van der Waals surface area contributed by atoms with E-state index < -0.39 is 6.10 Å². The van der Waals surface area contributed by atoms with E-state index in [1.165, 1.54) is 4.80 Å². The molecule has 0 aliphatic carbocycles. The number of hydrogen-bond acceptors (Lipinski definition) is 4. The lowest BCUT2D eigenvalue weighted by molar-refractivity contribution is -0.127. The maximum atomic E-state index is 11.8. The quantitative estimate of drug-likeness (QED) is 0.836. The van der Waals surface area contributed by atoms with E-state index in [2.05, 4.69) is 15.5 Å². The molecule has 1 heterocycles. The lowest BCUT2D eigenvalue weighted by atomic mass is 10.3. The maximum absolute atomic E-state index is 11.8. The van der Waals surface area contributed by atoms with E-state index in [0.29, 0.717) is 18.8 Å². The van der Waals surface area contributed by atoms with Crippen molar-refractivity contribution in [3.8, 4) is 5.75 Å². The second-order valence-corrected chi connectivity index (χ2v) is 3.99. The Kier molecular flexibility index (Phi) is 4.49. The number of nitrogens with one attached hydrogen (secondary N) is 1. The molecule has 6 nitrogen and oxygen atoms in total. The van der Waals surface area contributed by atoms with Gasteiger partial charge >= 0.3 is 0 Å². The zero-order valence-electron chi connectivity index (χ0n) is 10.7. The number of rotatable bonds is 6. The van der Waals surface area contributed by atoms with Crippen molar-refractivity contribution >= 4 is 5.91 Å². The third-order valence-corrected chi connectivity index (χ3v) is 2.50. The van der Waals surface area contributed by atoms with Crippen molar-refractivity contribution in [2.24, 2.45) is 0 Å². The van der Waals surface area contributed by atoms with E-state index in [4.69, 9.17) is 4.74 Å². The first-order valence-electron chi connectivity index (χ1n) is 6.09. The maximum Gasteiger partial charge on any atom is 0.260 e. The number of carbonyl (C=O) groups excluding carboxylic acids is 1. The molecule has 0 bridgehead atoms. The Morgan fingerprint density at radius 3 is 2.68 bits per heavy atom. The monoisotopic (exact) mass is 260 g/mol. The minimum atomic E-state index is -0.534. The van der Waals surface area contributed by atoms with Gasteiger partial charge in [-0.05, 0) is 19.1 Å². The number of ether oxygens (including phenoxy) is 1. The molecule has 0 aliphatic heterocycles. The van der Waals surface area contributed by atoms with Crippen LogP contribution < -0.4 is 10.1 Å². The molecule has 0 unspecified atom stereocenters. The van der Waals surface area contributed by atoms with Gasteiger partial charge in [-0.3, -0.25) is 4.79 Å². The Bertz CT molecular complexity index is 499. The molecule has 0 aliphatic rings. The molecule has 1 aromatic carbocycles. The van der Waals surface area contributed by atoms with Crippen LogP contribution in [0.3, 0.4) is 0 Å². The zero-order valence-corrected chi connectivity index (χ0v) is 10.7. The molecule has 100 valence electrons. The molecule has 0 radical (unpaired) electrons. The van der Waals surface area contributed by atoms with Crippen molar-refractivity contribution < 1.29 is 9.53 Å². The first-order chi connectivity index (χ1) is 9.25. The molecule has 0 saturated heterocycles. The van der Waals surface area contributed by atoms with Crippen LogP contribution in [-0.2, 0) is 11.3 Å². The van der Waals surface area contributed by atoms with Gasteiger partial charge in [0.15, 0.2) is 6.10 Å². The van der Waals surface area contributed by atoms with Crippen molar-refractivity contribution in [3.63, 3.8) is 0 Å². The van der Waals surface area contributed by atoms with Crippen LogP contribution >= 0.6 is 0 Å². The third kappa shape index (κ3) is 4.09. The van der Waals surface area contributed by atoms with Crippen LogP contribution in [0.1, 0.15) is 6.92 Å². The van der Waals surface area contributed by atoms with E-state index in [1.54, 1.807) is 19.3 Å². The average Bonchev–Trinajstić information content (AvgIpc) is 2.93. The Hall–Kier alpha value is -2.37. The van der Waals surface area contributed by atoms with Gasteiger partial charge in [0.1, 0.15) is 5.75 Å². The first-order valence-corrected chi connectivity index (χ1v) is 6.09. The molecule has 0 saturated carbocycles. The van der Waals surface area contributed by atoms with Gasteiger partial charge in [-0.15, -0.1) is 0 Å². The normalized spacial score (nSPS) is 11.8. The predicted octanol–water partition coefficient (Wildman–Crippen LogP) is 0.862. The molecule has 1 N–H and O–H groups in total. The second kappa shape index (κ2) is 6.53. The zero-order chi connectivity index (χ0) is 13.5. The highest BCUT2D eigenvalue weighted by atomic mass is 16.5. The molecular formula is C13H16N4O2. The average molecular weight is 260 g/mol. The smallest absolute Gasteiger partial charge is 0.260 e. The molecule has 1 aromatic heterocycles. The van der Waals surface area contributed by atoms with Gasteiger partial charge in [0, 0.05) is 6.54 Å². The topological polar surface area (TPSA) is 69.0 Å². The Balaban J connectivity index is 1.73. The van der Waals surface area contributed by atoms with Crippen LogP contribution in [0.4, 0.5) is 0 Å². The number of carbonyl (C=O) groups is 1. The van der Waals surface area contributed by atoms with Crippen molar-refractivity contribution in [1.82, 2.24) is 20.3 Å². The Morgan fingerprint density at radius 1 is 1.32 bits per heavy atom. The summed E-state index contributed by atoms with van der Waals surface area (Å²) in [4.78, 5) is 13.3. The summed E-state index contributed by atoms with van der Waals surface area (Å²) in [5, 5.41) is 10.7. The third-order valence-electron chi connectivity index (χ3n) is 2.50. The van der Waals surface area contributed by atoms with Gasteiger partial charge in [-0.2, -0.15) is 15.0 Å². The molecule has 6 heteroatoms. The minimum Gasteiger partial charge on any atom is -0.481 e. The van der Waals surface area contributed by atoms with E-state index in [9.17, 15) is 4.79 Å². The Labute approximate surface area is 111 Å². The molecule has 2 rings (SSSR count). The van der Waals surface area contributed by atoms with Crippen LogP contribution in [0.5, 0.6) is 5.75 Å². The molecular weight excluding hydrogens is 244 g/mol. The van der Waals surface area contributed by atoms with Crippen LogP contribution in [0, 0.1) is 0 Å². The van der Waals surface area contributed by atoms with Gasteiger partial charge in [-0.25, -0.2) is 0 Å². The fourth-order valence-corrected chi connectivity index (χ4v) is 1.54. The summed E-state index contributed by atoms with van der Waals surface area (Å²) in [6, 6.07) is 9.26. The fourth-order valence-electron chi connectivity index (χ4n) is 1.54. The summed E-state index contributed by atoms with van der Waals surface area (Å²) in [7, 11) is 0. The number of para-hydroxylation sites is 1. The SMILES string of the molecule is C[C@H](Oc1ccccc1)C(=O)NCCn1nccn1. The highest BCUT2D eigenvalue weighted by Crippen LogP contribution is 2.10. The summed E-state index contributed by atoms with van der Waals surface area (Å²) in [5.74, 6) is 0.523. The summed E-state index contributed by atoms with van der Waals surface area (Å²) in [6.07, 6.45) is 2.67. The van der Waals surface area contributed by atoms with Crippen LogP contribution in [0.2, 0.25) is 0 Å². The molecule has 0 spiro atoms. The molecule has 2 aromatic rings. The van der Waals surface area contributed by atoms with Crippen LogP contribution in [-0.4, -0.2) is 33.5 Å². The number of nitrogens with zero attached hydrogens (tertiary/aromatic N) is 3. The highest BCUT2D eigenvalue weighted by molar-refractivity contribution is 5.80. The summed E-state index contributed by atoms with van der Waals surface area (Å²) in [6.45, 7) is 2.72. The largest absolute Gasteiger partial charge is 0.481 e. The van der Waals surface area contributed by atoms with Gasteiger partial charge in [0.05, 0.1) is 18.9 Å². The minimum absolute atomic E-state index is 0.156. The predicted molar refractivity (Wildman–Crippen MR) is 69.6 cm³/mol. The van der Waals surface area contributed by atoms with E-state index in [1.807, 2.05) is 30.3 Å². The molecule has 19 heavy (non-hydrogen) atoms. The van der Waals surface area contributed by atoms with E-state index in [-0.39, 0.29) is 5.91 Å². The van der Waals surface area contributed by atoms with Crippen LogP contribution in [0.25, 0.3) is 0 Å². The molecule has 1 amide bonds. The van der Waals surface area contributed by atoms with Crippen molar-refractivity contribution in [2.45, 2.75) is 19.6 Å². The van der Waals surface area contributed by atoms with E-state index in [0.717, 1.165) is 0 Å². The number of hydrogen-bond donors (Lipinski definition) is 1. The number of aromatic nitrogens is 3. The van der Waals surface area contributed by atoms with Crippen molar-refractivity contribution in [3.05, 3.63) is 42.7 Å². The lowest BCUT2D eigenvalue weighted by Crippen LogP contribution is -2.38. The Morgan fingerprint density at radius 2 is 2.00 bits per heavy atom. The van der Waals surface area contributed by atoms with Crippen molar-refractivity contribution in [2.75, 3.05) is 6.54 Å². The van der Waals surface area contributed by atoms with Gasteiger partial charge in [0.25, 0.3) is 5.91 Å². The second-order valence-electron chi connectivity index (χ2n) is 3.99. The van der Waals surface area contributed by atoms with Gasteiger partial charge in [-0.1, -0.05) is 18.2 Å². The van der Waals surface area contributed by atoms with Gasteiger partial charge in [0.2, 0.25) is 0 Å². The first kappa shape index (κ1) is 13.1. The summed E-state index contributed by atoms with van der Waals surface area (Å²) in [5.41, 5.74) is 0. The lowest BCUT2D eigenvalue weighted by Gasteiger charge is -2.14. The summed E-state index contributed by atoms with van der Waals surface area (Å²) < 4.78 is 5.51. The van der Waals surface area contributed by atoms with Crippen LogP contribution in [0.15, 0.2) is 42.7 Å². The van der Waals surface area contributed by atoms with Crippen molar-refractivity contribution in [1.29, 1.82) is 0 Å². The number of benzene rings is 1. The highest BCUT2D eigenvalue weighted by Gasteiger charge is 2.13. The number of amides is 1. The standard InChI is InChI=1S/C13H16N4O2/c1-11(19-12-5-3-2-4-6-12)13(18)14-9-10-17-15-7-8-16-17/h2-8,11H,9-10H2,1H3,(H,14,18)/t11-/m0/s1. The van der Waals surface area contributed by atoms with E-state index >= 15 is 0 Å².